The van der Waals surface area contributed by atoms with E-state index in [1.165, 1.54) is 11.8 Å². The van der Waals surface area contributed by atoms with Crippen molar-refractivity contribution in [3.05, 3.63) is 29.3 Å². The summed E-state index contributed by atoms with van der Waals surface area (Å²) in [5.74, 6) is 0.0703. The van der Waals surface area contributed by atoms with E-state index in [1.807, 2.05) is 31.2 Å². The molecule has 1 saturated carbocycles. The lowest BCUT2D eigenvalue weighted by molar-refractivity contribution is -0.134. The van der Waals surface area contributed by atoms with E-state index in [2.05, 4.69) is 0 Å². The van der Waals surface area contributed by atoms with E-state index >= 15 is 0 Å². The van der Waals surface area contributed by atoms with Gasteiger partial charge in [0.1, 0.15) is 0 Å². The second kappa shape index (κ2) is 7.52. The molecule has 0 heterocycles. The standard InChI is InChI=1S/C16H22ClNO2S/c1-11(21-13-9-7-12(17)8-10-13)16(20)18(2)14-5-3-4-6-15(14)19/h7-11,14-15,19H,3-6H2,1-2H3. The summed E-state index contributed by atoms with van der Waals surface area (Å²) < 4.78 is 0. The molecule has 1 N–H and O–H groups in total. The van der Waals surface area contributed by atoms with Crippen molar-refractivity contribution in [2.75, 3.05) is 7.05 Å². The first-order valence-electron chi connectivity index (χ1n) is 7.36. The van der Waals surface area contributed by atoms with Crippen molar-refractivity contribution >= 4 is 29.3 Å². The number of hydrogen-bond acceptors (Lipinski definition) is 3. The van der Waals surface area contributed by atoms with Crippen LogP contribution in [0.15, 0.2) is 29.2 Å². The molecule has 21 heavy (non-hydrogen) atoms. The number of aliphatic hydroxyl groups excluding tert-OH is 1. The van der Waals surface area contributed by atoms with Gasteiger partial charge < -0.3 is 10.0 Å². The van der Waals surface area contributed by atoms with Crippen LogP contribution in [0.2, 0.25) is 5.02 Å². The van der Waals surface area contributed by atoms with Crippen molar-refractivity contribution in [2.45, 2.75) is 54.9 Å². The summed E-state index contributed by atoms with van der Waals surface area (Å²) in [5, 5.41) is 10.6. The maximum atomic E-state index is 12.5. The third-order valence-electron chi connectivity index (χ3n) is 4.01. The second-order valence-corrected chi connectivity index (χ2v) is 7.43. The van der Waals surface area contributed by atoms with Crippen LogP contribution in [0.5, 0.6) is 0 Å². The Labute approximate surface area is 135 Å². The molecular formula is C16H22ClNO2S. The van der Waals surface area contributed by atoms with Crippen LogP contribution in [-0.2, 0) is 4.79 Å². The van der Waals surface area contributed by atoms with Gasteiger partial charge >= 0.3 is 0 Å². The molecule has 0 bridgehead atoms. The number of aliphatic hydroxyl groups is 1. The molecule has 3 atom stereocenters. The number of rotatable bonds is 4. The normalized spacial score (nSPS) is 23.6. The molecule has 5 heteroatoms. The minimum Gasteiger partial charge on any atom is -0.391 e. The van der Waals surface area contributed by atoms with Crippen molar-refractivity contribution in [3.63, 3.8) is 0 Å². The first kappa shape index (κ1) is 16.7. The molecule has 0 radical (unpaired) electrons. The number of carbonyl (C=O) groups is 1. The molecule has 0 saturated heterocycles. The SMILES string of the molecule is CC(Sc1ccc(Cl)cc1)C(=O)N(C)C1CCCCC1O. The first-order chi connectivity index (χ1) is 9.99. The van der Waals surface area contributed by atoms with Gasteiger partial charge in [-0.15, -0.1) is 11.8 Å². The Hall–Kier alpha value is -0.710. The molecule has 3 nitrogen and oxygen atoms in total. The summed E-state index contributed by atoms with van der Waals surface area (Å²) in [6, 6.07) is 7.46. The number of nitrogens with zero attached hydrogens (tertiary/aromatic N) is 1. The lowest BCUT2D eigenvalue weighted by Gasteiger charge is -2.36. The molecule has 2 rings (SSSR count). The maximum absolute atomic E-state index is 12.5. The van der Waals surface area contributed by atoms with E-state index in [1.54, 1.807) is 11.9 Å². The molecule has 1 aromatic rings. The van der Waals surface area contributed by atoms with Gasteiger partial charge in [0.15, 0.2) is 0 Å². The molecule has 1 aromatic carbocycles. The van der Waals surface area contributed by atoms with Crippen LogP contribution in [0.1, 0.15) is 32.6 Å². The fourth-order valence-electron chi connectivity index (χ4n) is 2.76. The molecule has 0 spiro atoms. The quantitative estimate of drug-likeness (QED) is 0.859. The van der Waals surface area contributed by atoms with Gasteiger partial charge in [-0.25, -0.2) is 0 Å². The Kier molecular flexibility index (Phi) is 5.97. The zero-order valence-corrected chi connectivity index (χ0v) is 14.0. The number of thioether (sulfide) groups is 1. The lowest BCUT2D eigenvalue weighted by Crippen LogP contribution is -2.48. The van der Waals surface area contributed by atoms with Crippen molar-refractivity contribution in [2.24, 2.45) is 0 Å². The zero-order valence-electron chi connectivity index (χ0n) is 12.5. The van der Waals surface area contributed by atoms with E-state index in [0.717, 1.165) is 30.6 Å². The summed E-state index contributed by atoms with van der Waals surface area (Å²) in [6.45, 7) is 1.91. The van der Waals surface area contributed by atoms with Gasteiger partial charge in [-0.2, -0.15) is 0 Å². The van der Waals surface area contributed by atoms with Crippen LogP contribution in [0.25, 0.3) is 0 Å². The van der Waals surface area contributed by atoms with Crippen molar-refractivity contribution in [1.82, 2.24) is 4.90 Å². The average molecular weight is 328 g/mol. The van der Waals surface area contributed by atoms with Gasteiger partial charge in [-0.05, 0) is 44.0 Å². The van der Waals surface area contributed by atoms with E-state index in [0.29, 0.717) is 5.02 Å². The van der Waals surface area contributed by atoms with Gasteiger partial charge in [0, 0.05) is 17.0 Å². The Morgan fingerprint density at radius 2 is 1.95 bits per heavy atom. The number of hydrogen-bond donors (Lipinski definition) is 1. The number of amides is 1. The van der Waals surface area contributed by atoms with Crippen molar-refractivity contribution in [3.8, 4) is 0 Å². The third-order valence-corrected chi connectivity index (χ3v) is 5.36. The van der Waals surface area contributed by atoms with Crippen molar-refractivity contribution < 1.29 is 9.90 Å². The number of carbonyl (C=O) groups excluding carboxylic acids is 1. The molecule has 116 valence electrons. The van der Waals surface area contributed by atoms with Crippen LogP contribution in [0.4, 0.5) is 0 Å². The number of halogens is 1. The summed E-state index contributed by atoms with van der Waals surface area (Å²) in [6.07, 6.45) is 3.43. The predicted octanol–water partition coefficient (Wildman–Crippen LogP) is 3.58. The highest BCUT2D eigenvalue weighted by molar-refractivity contribution is 8.00. The molecule has 0 aromatic heterocycles. The van der Waals surface area contributed by atoms with Gasteiger partial charge in [0.05, 0.1) is 17.4 Å². The van der Waals surface area contributed by atoms with E-state index in [9.17, 15) is 9.90 Å². The topological polar surface area (TPSA) is 40.5 Å². The van der Waals surface area contributed by atoms with Crippen LogP contribution < -0.4 is 0 Å². The van der Waals surface area contributed by atoms with E-state index < -0.39 is 0 Å². The Morgan fingerprint density at radius 3 is 2.57 bits per heavy atom. The maximum Gasteiger partial charge on any atom is 0.235 e. The molecule has 3 unspecified atom stereocenters. The minimum absolute atomic E-state index is 0.0421. The fraction of sp³-hybridized carbons (Fsp3) is 0.562. The Bertz CT molecular complexity index is 480. The largest absolute Gasteiger partial charge is 0.391 e. The van der Waals surface area contributed by atoms with Gasteiger partial charge in [-0.1, -0.05) is 24.4 Å². The highest BCUT2D eigenvalue weighted by Crippen LogP contribution is 2.28. The average Bonchev–Trinajstić information content (AvgIpc) is 2.48. The van der Waals surface area contributed by atoms with E-state index in [4.69, 9.17) is 11.6 Å². The van der Waals surface area contributed by atoms with Crippen molar-refractivity contribution in [1.29, 1.82) is 0 Å². The lowest BCUT2D eigenvalue weighted by atomic mass is 9.91. The fourth-order valence-corrected chi connectivity index (χ4v) is 3.86. The molecule has 1 aliphatic carbocycles. The van der Waals surface area contributed by atoms with Gasteiger partial charge in [-0.3, -0.25) is 4.79 Å². The molecule has 1 aliphatic rings. The Morgan fingerprint density at radius 1 is 1.33 bits per heavy atom. The monoisotopic (exact) mass is 327 g/mol. The third kappa shape index (κ3) is 4.38. The predicted molar refractivity (Wildman–Crippen MR) is 87.8 cm³/mol. The van der Waals surface area contributed by atoms with Crippen LogP contribution in [-0.4, -0.2) is 40.4 Å². The first-order valence-corrected chi connectivity index (χ1v) is 8.61. The van der Waals surface area contributed by atoms with Gasteiger partial charge in [0.25, 0.3) is 0 Å². The Balaban J connectivity index is 1.96. The molecule has 1 fully saturated rings. The molecular weight excluding hydrogens is 306 g/mol. The van der Waals surface area contributed by atoms with Crippen LogP contribution >= 0.6 is 23.4 Å². The summed E-state index contributed by atoms with van der Waals surface area (Å²) in [4.78, 5) is 15.3. The van der Waals surface area contributed by atoms with E-state index in [-0.39, 0.29) is 23.3 Å². The van der Waals surface area contributed by atoms with Gasteiger partial charge in [0.2, 0.25) is 5.91 Å². The highest BCUT2D eigenvalue weighted by Gasteiger charge is 2.31. The minimum atomic E-state index is -0.388. The zero-order chi connectivity index (χ0) is 15.4. The van der Waals surface area contributed by atoms with Crippen LogP contribution in [0, 0.1) is 0 Å². The second-order valence-electron chi connectivity index (χ2n) is 5.58. The van der Waals surface area contributed by atoms with Crippen LogP contribution in [0.3, 0.4) is 0 Å². The number of benzene rings is 1. The smallest absolute Gasteiger partial charge is 0.235 e. The molecule has 0 aliphatic heterocycles. The highest BCUT2D eigenvalue weighted by atomic mass is 35.5. The summed E-state index contributed by atoms with van der Waals surface area (Å²) in [5.41, 5.74) is 0. The summed E-state index contributed by atoms with van der Waals surface area (Å²) >= 11 is 7.39. The summed E-state index contributed by atoms with van der Waals surface area (Å²) in [7, 11) is 1.81. The molecule has 1 amide bonds. The number of likely N-dealkylation sites (N-methyl/N-ethyl adjacent to an activating group) is 1.